The Morgan fingerprint density at radius 3 is 2.33 bits per heavy atom. The van der Waals surface area contributed by atoms with Crippen LogP contribution >= 0.6 is 0 Å². The first-order chi connectivity index (χ1) is 10.1. The minimum absolute atomic E-state index is 0.277. The molecule has 21 heavy (non-hydrogen) atoms. The maximum atomic E-state index is 5.48. The molecule has 3 N–H and O–H groups in total. The summed E-state index contributed by atoms with van der Waals surface area (Å²) in [4.78, 5) is 8.97. The third kappa shape index (κ3) is 3.22. The highest BCUT2D eigenvalue weighted by atomic mass is 16.5. The van der Waals surface area contributed by atoms with E-state index in [0.29, 0.717) is 23.1 Å². The topological polar surface area (TPSA) is 82.3 Å². The fourth-order valence-corrected chi connectivity index (χ4v) is 1.94. The molecule has 0 saturated carbocycles. The van der Waals surface area contributed by atoms with Gasteiger partial charge in [-0.1, -0.05) is 13.8 Å². The Kier molecular flexibility index (Phi) is 4.59. The van der Waals surface area contributed by atoms with E-state index in [9.17, 15) is 0 Å². The molecule has 0 saturated heterocycles. The van der Waals surface area contributed by atoms with Gasteiger partial charge in [-0.3, -0.25) is 0 Å². The maximum absolute atomic E-state index is 5.48. The second kappa shape index (κ2) is 6.41. The summed E-state index contributed by atoms with van der Waals surface area (Å²) >= 11 is 0. The van der Waals surface area contributed by atoms with Crippen molar-refractivity contribution in [2.75, 3.05) is 19.6 Å². The largest absolute Gasteiger partial charge is 0.493 e. The summed E-state index contributed by atoms with van der Waals surface area (Å²) in [5.41, 5.74) is 4.34. The predicted octanol–water partition coefficient (Wildman–Crippen LogP) is 2.57. The molecule has 112 valence electrons. The highest BCUT2D eigenvalue weighted by molar-refractivity contribution is 5.62. The summed E-state index contributed by atoms with van der Waals surface area (Å²) in [6.45, 7) is 4.14. The van der Waals surface area contributed by atoms with E-state index in [4.69, 9.17) is 15.3 Å². The molecular weight excluding hydrogens is 268 g/mol. The van der Waals surface area contributed by atoms with Gasteiger partial charge < -0.3 is 14.9 Å². The van der Waals surface area contributed by atoms with Crippen molar-refractivity contribution in [2.24, 2.45) is 5.84 Å². The Bertz CT molecular complexity index is 629. The van der Waals surface area contributed by atoms with E-state index < -0.39 is 0 Å². The van der Waals surface area contributed by atoms with E-state index in [1.165, 1.54) is 0 Å². The first-order valence-corrected chi connectivity index (χ1v) is 6.67. The number of nitrogens with one attached hydrogen (secondary N) is 1. The summed E-state index contributed by atoms with van der Waals surface area (Å²) in [7, 11) is 3.20. The highest BCUT2D eigenvalue weighted by Crippen LogP contribution is 2.31. The molecule has 0 fully saturated rings. The molecule has 2 rings (SSSR count). The standard InChI is InChI=1S/C15H20N4O2/c1-9(2)11-8-14(19-16)18-15(17-11)10-5-6-12(20-3)13(7-10)21-4/h5-9H,16H2,1-4H3,(H,17,18,19). The van der Waals surface area contributed by atoms with Gasteiger partial charge in [-0.15, -0.1) is 0 Å². The third-order valence-electron chi connectivity index (χ3n) is 3.13. The number of methoxy groups -OCH3 is 2. The molecule has 0 aliphatic carbocycles. The van der Waals surface area contributed by atoms with Crippen molar-refractivity contribution in [3.8, 4) is 22.9 Å². The van der Waals surface area contributed by atoms with E-state index in [1.54, 1.807) is 14.2 Å². The van der Waals surface area contributed by atoms with Gasteiger partial charge in [-0.2, -0.15) is 0 Å². The monoisotopic (exact) mass is 288 g/mol. The van der Waals surface area contributed by atoms with Gasteiger partial charge in [-0.25, -0.2) is 15.8 Å². The first-order valence-electron chi connectivity index (χ1n) is 6.67. The molecule has 1 heterocycles. The first kappa shape index (κ1) is 15.1. The van der Waals surface area contributed by atoms with Crippen LogP contribution in [-0.2, 0) is 0 Å². The maximum Gasteiger partial charge on any atom is 0.161 e. The van der Waals surface area contributed by atoms with Crippen LogP contribution in [0.25, 0.3) is 11.4 Å². The van der Waals surface area contributed by atoms with Crippen LogP contribution in [0.2, 0.25) is 0 Å². The van der Waals surface area contributed by atoms with E-state index in [-0.39, 0.29) is 5.92 Å². The summed E-state index contributed by atoms with van der Waals surface area (Å²) in [5.74, 6) is 8.23. The molecule has 0 aliphatic rings. The van der Waals surface area contributed by atoms with Crippen LogP contribution in [0.1, 0.15) is 25.5 Å². The highest BCUT2D eigenvalue weighted by Gasteiger charge is 2.12. The van der Waals surface area contributed by atoms with Crippen LogP contribution in [0.4, 0.5) is 5.82 Å². The molecule has 0 unspecified atom stereocenters. The van der Waals surface area contributed by atoms with Gasteiger partial charge in [0.05, 0.1) is 14.2 Å². The van der Waals surface area contributed by atoms with Crippen molar-refractivity contribution in [2.45, 2.75) is 19.8 Å². The fraction of sp³-hybridized carbons (Fsp3) is 0.333. The number of rotatable bonds is 5. The fourth-order valence-electron chi connectivity index (χ4n) is 1.94. The summed E-state index contributed by atoms with van der Waals surface area (Å²) in [6.07, 6.45) is 0. The van der Waals surface area contributed by atoms with E-state index >= 15 is 0 Å². The third-order valence-corrected chi connectivity index (χ3v) is 3.13. The molecule has 6 nitrogen and oxygen atoms in total. The Labute approximate surface area is 124 Å². The minimum atomic E-state index is 0.277. The number of nitrogens with two attached hydrogens (primary N) is 1. The Balaban J connectivity index is 2.52. The van der Waals surface area contributed by atoms with Crippen molar-refractivity contribution >= 4 is 5.82 Å². The second-order valence-corrected chi connectivity index (χ2v) is 4.87. The molecule has 0 atom stereocenters. The van der Waals surface area contributed by atoms with Crippen LogP contribution in [0.3, 0.4) is 0 Å². The zero-order chi connectivity index (χ0) is 15.4. The van der Waals surface area contributed by atoms with Gasteiger partial charge in [0.1, 0.15) is 5.82 Å². The van der Waals surface area contributed by atoms with Crippen molar-refractivity contribution < 1.29 is 9.47 Å². The molecule has 0 aliphatic heterocycles. The van der Waals surface area contributed by atoms with Crippen LogP contribution in [-0.4, -0.2) is 24.2 Å². The lowest BCUT2D eigenvalue weighted by molar-refractivity contribution is 0.355. The van der Waals surface area contributed by atoms with Crippen molar-refractivity contribution in [1.82, 2.24) is 9.97 Å². The quantitative estimate of drug-likeness (QED) is 0.650. The molecule has 1 aromatic heterocycles. The number of hydrogen-bond acceptors (Lipinski definition) is 6. The van der Waals surface area contributed by atoms with Crippen LogP contribution in [0.5, 0.6) is 11.5 Å². The smallest absolute Gasteiger partial charge is 0.161 e. The van der Waals surface area contributed by atoms with Gasteiger partial charge in [0.2, 0.25) is 0 Å². The van der Waals surface area contributed by atoms with Gasteiger partial charge in [0.15, 0.2) is 17.3 Å². The molecule has 1 aromatic carbocycles. The van der Waals surface area contributed by atoms with E-state index in [0.717, 1.165) is 11.3 Å². The average Bonchev–Trinajstić information content (AvgIpc) is 2.53. The lowest BCUT2D eigenvalue weighted by Crippen LogP contribution is -2.11. The van der Waals surface area contributed by atoms with Gasteiger partial charge in [0.25, 0.3) is 0 Å². The number of nitrogen functional groups attached to an aromatic ring is 1. The van der Waals surface area contributed by atoms with Gasteiger partial charge >= 0.3 is 0 Å². The number of anilines is 1. The minimum Gasteiger partial charge on any atom is -0.493 e. The van der Waals surface area contributed by atoms with Crippen molar-refractivity contribution in [3.63, 3.8) is 0 Å². The summed E-state index contributed by atoms with van der Waals surface area (Å²) < 4.78 is 10.5. The molecule has 0 bridgehead atoms. The Hall–Kier alpha value is -2.34. The number of benzene rings is 1. The lowest BCUT2D eigenvalue weighted by atomic mass is 10.1. The Morgan fingerprint density at radius 2 is 1.76 bits per heavy atom. The average molecular weight is 288 g/mol. The van der Waals surface area contributed by atoms with Crippen molar-refractivity contribution in [1.29, 1.82) is 0 Å². The molecule has 0 spiro atoms. The SMILES string of the molecule is COc1ccc(-c2nc(NN)cc(C(C)C)n2)cc1OC. The van der Waals surface area contributed by atoms with Crippen LogP contribution in [0, 0.1) is 0 Å². The number of hydrazine groups is 1. The van der Waals surface area contributed by atoms with Gasteiger partial charge in [0, 0.05) is 17.3 Å². The Morgan fingerprint density at radius 1 is 1.05 bits per heavy atom. The van der Waals surface area contributed by atoms with Crippen LogP contribution < -0.4 is 20.7 Å². The van der Waals surface area contributed by atoms with Crippen molar-refractivity contribution in [3.05, 3.63) is 30.0 Å². The van der Waals surface area contributed by atoms with Gasteiger partial charge in [-0.05, 0) is 24.1 Å². The molecular formula is C15H20N4O2. The number of ether oxygens (including phenoxy) is 2. The van der Waals surface area contributed by atoms with Crippen LogP contribution in [0.15, 0.2) is 24.3 Å². The number of aromatic nitrogens is 2. The van der Waals surface area contributed by atoms with E-state index in [1.807, 2.05) is 24.3 Å². The number of hydrogen-bond donors (Lipinski definition) is 2. The normalized spacial score (nSPS) is 10.6. The summed E-state index contributed by atoms with van der Waals surface area (Å²) in [5, 5.41) is 0. The molecule has 0 radical (unpaired) electrons. The molecule has 2 aromatic rings. The molecule has 6 heteroatoms. The zero-order valence-electron chi connectivity index (χ0n) is 12.7. The predicted molar refractivity (Wildman–Crippen MR) is 82.5 cm³/mol. The number of nitrogens with zero attached hydrogens (tertiary/aromatic N) is 2. The lowest BCUT2D eigenvalue weighted by Gasteiger charge is -2.12. The molecule has 0 amide bonds. The second-order valence-electron chi connectivity index (χ2n) is 4.87. The summed E-state index contributed by atoms with van der Waals surface area (Å²) in [6, 6.07) is 7.41. The van der Waals surface area contributed by atoms with E-state index in [2.05, 4.69) is 29.2 Å². The zero-order valence-corrected chi connectivity index (χ0v) is 12.7.